The number of fused-ring (bicyclic) bond motifs is 1. The summed E-state index contributed by atoms with van der Waals surface area (Å²) >= 11 is 0. The fourth-order valence-electron chi connectivity index (χ4n) is 3.97. The molecule has 0 aliphatic carbocycles. The van der Waals surface area contributed by atoms with Gasteiger partial charge in [0, 0.05) is 24.4 Å². The summed E-state index contributed by atoms with van der Waals surface area (Å²) in [7, 11) is 3.23. The third-order valence-electron chi connectivity index (χ3n) is 5.76. The summed E-state index contributed by atoms with van der Waals surface area (Å²) in [6, 6.07) is 20.4. The lowest BCUT2D eigenvalue weighted by atomic mass is 9.97. The molecule has 0 unspecified atom stereocenters. The van der Waals surface area contributed by atoms with Crippen molar-refractivity contribution in [2.75, 3.05) is 14.2 Å². The van der Waals surface area contributed by atoms with Crippen LogP contribution in [-0.4, -0.2) is 40.8 Å². The average molecular weight is 438 g/mol. The Morgan fingerprint density at radius 3 is 2.15 bits per heavy atom. The molecule has 164 valence electrons. The van der Waals surface area contributed by atoms with Crippen LogP contribution in [0.1, 0.15) is 33.9 Å². The monoisotopic (exact) mass is 438 g/mol. The largest absolute Gasteiger partial charge is 0.497 e. The molecule has 0 N–H and O–H groups in total. The number of carbonyl (C=O) groups is 1. The number of hydrogen-bond donors (Lipinski definition) is 0. The van der Waals surface area contributed by atoms with Crippen LogP contribution in [0.15, 0.2) is 84.2 Å². The number of hydrogen-bond acceptors (Lipinski definition) is 6. The van der Waals surface area contributed by atoms with Crippen molar-refractivity contribution in [3.8, 4) is 11.5 Å². The Hall–Kier alpha value is -4.26. The number of ether oxygens (including phenoxy) is 2. The first kappa shape index (κ1) is 20.6. The highest BCUT2D eigenvalue weighted by Gasteiger charge is 2.34. The van der Waals surface area contributed by atoms with Crippen molar-refractivity contribution in [2.24, 2.45) is 5.10 Å². The van der Waals surface area contributed by atoms with Crippen LogP contribution in [0.3, 0.4) is 0 Å². The van der Waals surface area contributed by atoms with Crippen LogP contribution in [0.2, 0.25) is 0 Å². The Bertz CT molecular complexity index is 1330. The fourth-order valence-corrected chi connectivity index (χ4v) is 3.97. The number of hydrazone groups is 1. The maximum Gasteiger partial charge on any atom is 0.274 e. The summed E-state index contributed by atoms with van der Waals surface area (Å²) in [4.78, 5) is 22.3. The van der Waals surface area contributed by atoms with E-state index in [0.717, 1.165) is 33.6 Å². The number of rotatable bonds is 5. The predicted octanol–water partition coefficient (Wildman–Crippen LogP) is 4.64. The lowest BCUT2D eigenvalue weighted by molar-refractivity contribution is 0.0711. The molecule has 0 spiro atoms. The van der Waals surface area contributed by atoms with Gasteiger partial charge >= 0.3 is 0 Å². The summed E-state index contributed by atoms with van der Waals surface area (Å²) in [6.45, 7) is 0. The highest BCUT2D eigenvalue weighted by atomic mass is 16.5. The zero-order valence-corrected chi connectivity index (χ0v) is 18.3. The van der Waals surface area contributed by atoms with E-state index in [1.165, 1.54) is 0 Å². The van der Waals surface area contributed by atoms with Gasteiger partial charge in [-0.2, -0.15) is 5.10 Å². The second-order valence-corrected chi connectivity index (χ2v) is 7.68. The zero-order chi connectivity index (χ0) is 22.8. The lowest BCUT2D eigenvalue weighted by Gasteiger charge is -2.22. The second-order valence-electron chi connectivity index (χ2n) is 7.68. The minimum absolute atomic E-state index is 0.176. The molecule has 0 saturated heterocycles. The van der Waals surface area contributed by atoms with Gasteiger partial charge in [0.2, 0.25) is 0 Å². The maximum atomic E-state index is 13.5. The topological polar surface area (TPSA) is 76.9 Å². The molecule has 1 aliphatic rings. The predicted molar refractivity (Wildman–Crippen MR) is 126 cm³/mol. The lowest BCUT2D eigenvalue weighted by Crippen LogP contribution is -2.27. The van der Waals surface area contributed by atoms with Crippen LogP contribution >= 0.6 is 0 Å². The van der Waals surface area contributed by atoms with Gasteiger partial charge in [-0.3, -0.25) is 14.8 Å². The van der Waals surface area contributed by atoms with Crippen molar-refractivity contribution in [3.05, 3.63) is 95.8 Å². The molecular formula is C26H22N4O3. The Morgan fingerprint density at radius 2 is 1.48 bits per heavy atom. The smallest absolute Gasteiger partial charge is 0.274 e. The Kier molecular flexibility index (Phi) is 5.44. The molecule has 3 aromatic carbocycles. The van der Waals surface area contributed by atoms with E-state index in [-0.39, 0.29) is 11.9 Å². The van der Waals surface area contributed by atoms with Crippen LogP contribution in [-0.2, 0) is 0 Å². The van der Waals surface area contributed by atoms with Gasteiger partial charge < -0.3 is 9.47 Å². The Labute approximate surface area is 191 Å². The minimum Gasteiger partial charge on any atom is -0.497 e. The molecule has 7 heteroatoms. The van der Waals surface area contributed by atoms with Crippen molar-refractivity contribution in [1.82, 2.24) is 15.0 Å². The molecular weight excluding hydrogens is 416 g/mol. The molecule has 0 radical (unpaired) electrons. The van der Waals surface area contributed by atoms with E-state index in [2.05, 4.69) is 9.97 Å². The molecule has 1 atom stereocenters. The van der Waals surface area contributed by atoms with Gasteiger partial charge in [-0.1, -0.05) is 6.07 Å². The first-order valence-corrected chi connectivity index (χ1v) is 10.6. The highest BCUT2D eigenvalue weighted by molar-refractivity contribution is 6.05. The number of carbonyl (C=O) groups excluding carboxylic acids is 1. The summed E-state index contributed by atoms with van der Waals surface area (Å²) < 4.78 is 10.5. The molecule has 0 bridgehead atoms. The molecule has 1 aliphatic heterocycles. The van der Waals surface area contributed by atoms with E-state index in [4.69, 9.17) is 14.6 Å². The van der Waals surface area contributed by atoms with Crippen LogP contribution in [0.5, 0.6) is 11.5 Å². The minimum atomic E-state index is -0.261. The van der Waals surface area contributed by atoms with Crippen LogP contribution < -0.4 is 9.47 Å². The van der Waals surface area contributed by atoms with Gasteiger partial charge in [0.15, 0.2) is 0 Å². The molecule has 4 aromatic rings. The number of methoxy groups -OCH3 is 2. The van der Waals surface area contributed by atoms with Crippen molar-refractivity contribution in [3.63, 3.8) is 0 Å². The Balaban J connectivity index is 1.54. The van der Waals surface area contributed by atoms with Crippen LogP contribution in [0.4, 0.5) is 0 Å². The number of benzene rings is 3. The number of nitrogens with zero attached hydrogens (tertiary/aromatic N) is 4. The van der Waals surface area contributed by atoms with E-state index < -0.39 is 0 Å². The van der Waals surface area contributed by atoms with Gasteiger partial charge in [0.25, 0.3) is 5.91 Å². The Morgan fingerprint density at radius 1 is 0.848 bits per heavy atom. The number of amides is 1. The normalized spacial score (nSPS) is 15.4. The van der Waals surface area contributed by atoms with Gasteiger partial charge in [0.05, 0.1) is 37.0 Å². The van der Waals surface area contributed by atoms with Crippen molar-refractivity contribution >= 4 is 22.7 Å². The quantitative estimate of drug-likeness (QED) is 0.454. The summed E-state index contributed by atoms with van der Waals surface area (Å²) in [5, 5.41) is 6.33. The summed E-state index contributed by atoms with van der Waals surface area (Å²) in [6.07, 6.45) is 3.92. The molecule has 0 fully saturated rings. The molecule has 1 aromatic heterocycles. The second kappa shape index (κ2) is 8.70. The average Bonchev–Trinajstić information content (AvgIpc) is 3.33. The van der Waals surface area contributed by atoms with Crippen LogP contribution in [0.25, 0.3) is 11.0 Å². The summed E-state index contributed by atoms with van der Waals surface area (Å²) in [5.74, 6) is 1.29. The molecule has 2 heterocycles. The van der Waals surface area contributed by atoms with Gasteiger partial charge in [-0.25, -0.2) is 5.01 Å². The van der Waals surface area contributed by atoms with Gasteiger partial charge in [-0.15, -0.1) is 0 Å². The zero-order valence-electron chi connectivity index (χ0n) is 18.3. The van der Waals surface area contributed by atoms with E-state index >= 15 is 0 Å². The molecule has 0 saturated carbocycles. The summed E-state index contributed by atoms with van der Waals surface area (Å²) in [5.41, 5.74) is 4.88. The van der Waals surface area contributed by atoms with E-state index in [1.54, 1.807) is 55.9 Å². The fraction of sp³-hybridized carbons (Fsp3) is 0.154. The molecule has 1 amide bonds. The third-order valence-corrected chi connectivity index (χ3v) is 5.76. The molecule has 5 rings (SSSR count). The first-order chi connectivity index (χ1) is 16.2. The van der Waals surface area contributed by atoms with E-state index in [9.17, 15) is 4.79 Å². The van der Waals surface area contributed by atoms with Crippen LogP contribution in [0, 0.1) is 0 Å². The standard InChI is InChI=1S/C26H22N4O3/c1-32-20-8-3-17(4-9-20)23-16-25(19-7-12-22-24(15-19)28-14-13-27-22)30(29-23)26(31)18-5-10-21(33-2)11-6-18/h3-15,25H,16H2,1-2H3/t25-/m0/s1. The SMILES string of the molecule is COc1ccc(C(=O)N2N=C(c3ccc(OC)cc3)C[C@H]2c2ccc3nccnc3c2)cc1. The van der Waals surface area contributed by atoms with Crippen molar-refractivity contribution in [1.29, 1.82) is 0 Å². The molecule has 33 heavy (non-hydrogen) atoms. The van der Waals surface area contributed by atoms with Gasteiger partial charge in [-0.05, 0) is 71.8 Å². The van der Waals surface area contributed by atoms with E-state index in [0.29, 0.717) is 17.7 Å². The van der Waals surface area contributed by atoms with Crippen molar-refractivity contribution in [2.45, 2.75) is 12.5 Å². The first-order valence-electron chi connectivity index (χ1n) is 10.6. The van der Waals surface area contributed by atoms with E-state index in [1.807, 2.05) is 42.5 Å². The van der Waals surface area contributed by atoms with Gasteiger partial charge in [0.1, 0.15) is 11.5 Å². The van der Waals surface area contributed by atoms with Crippen molar-refractivity contribution < 1.29 is 14.3 Å². The highest BCUT2D eigenvalue weighted by Crippen LogP contribution is 2.35. The maximum absolute atomic E-state index is 13.5. The third kappa shape index (κ3) is 4.01. The number of aromatic nitrogens is 2. The molecule has 7 nitrogen and oxygen atoms in total.